The molecule has 0 bridgehead atoms. The maximum absolute atomic E-state index is 13.5. The number of carbonyl (C=O) groups is 1. The topological polar surface area (TPSA) is 73.3 Å². The summed E-state index contributed by atoms with van der Waals surface area (Å²) in [5.41, 5.74) is 2.32. The molecule has 226 valence electrons. The van der Waals surface area contributed by atoms with Gasteiger partial charge in [0.2, 0.25) is 0 Å². The van der Waals surface area contributed by atoms with Gasteiger partial charge in [-0.25, -0.2) is 9.97 Å². The van der Waals surface area contributed by atoms with Gasteiger partial charge in [-0.2, -0.15) is 0 Å². The van der Waals surface area contributed by atoms with Crippen molar-refractivity contribution in [1.82, 2.24) is 34.2 Å². The molecule has 1 spiro atoms. The molecule has 3 aromatic rings. The number of aromatic nitrogens is 4. The fraction of sp³-hybridized carbons (Fsp3) is 0.618. The second-order valence-corrected chi connectivity index (χ2v) is 13.6. The average molecular weight is 572 g/mol. The SMILES string of the molecule is CC(C)Cn1ccnc1CN(Cc1ccc(C(=O)N2CCC3(CCN(C4CCCCC4)CC3)C2)cc1)Cc1ncc[nH]1. The molecule has 8 heteroatoms. The van der Waals surface area contributed by atoms with Crippen molar-refractivity contribution in [2.75, 3.05) is 26.2 Å². The number of imidazole rings is 2. The van der Waals surface area contributed by atoms with Crippen LogP contribution in [0.4, 0.5) is 0 Å². The van der Waals surface area contributed by atoms with Crippen molar-refractivity contribution in [3.05, 3.63) is 71.8 Å². The lowest BCUT2D eigenvalue weighted by Crippen LogP contribution is -2.47. The summed E-state index contributed by atoms with van der Waals surface area (Å²) < 4.78 is 2.25. The number of nitrogens with one attached hydrogen (secondary N) is 1. The van der Waals surface area contributed by atoms with Crippen LogP contribution in [0.15, 0.2) is 49.1 Å². The van der Waals surface area contributed by atoms with Crippen LogP contribution >= 0.6 is 0 Å². The molecule has 1 aromatic carbocycles. The molecule has 2 saturated heterocycles. The molecule has 2 aliphatic heterocycles. The first-order valence-corrected chi connectivity index (χ1v) is 16.3. The van der Waals surface area contributed by atoms with E-state index < -0.39 is 0 Å². The van der Waals surface area contributed by atoms with E-state index in [0.717, 1.165) is 62.4 Å². The summed E-state index contributed by atoms with van der Waals surface area (Å²) in [6.07, 6.45) is 18.3. The van der Waals surface area contributed by atoms with Crippen LogP contribution in [0.25, 0.3) is 0 Å². The quantitative estimate of drug-likeness (QED) is 0.337. The van der Waals surface area contributed by atoms with Gasteiger partial charge in [-0.15, -0.1) is 0 Å². The molecule has 1 saturated carbocycles. The van der Waals surface area contributed by atoms with Crippen LogP contribution in [-0.2, 0) is 26.2 Å². The lowest BCUT2D eigenvalue weighted by atomic mass is 9.77. The highest BCUT2D eigenvalue weighted by Gasteiger charge is 2.43. The Morgan fingerprint density at radius 3 is 2.45 bits per heavy atom. The molecular weight excluding hydrogens is 522 g/mol. The highest BCUT2D eigenvalue weighted by atomic mass is 16.2. The summed E-state index contributed by atoms with van der Waals surface area (Å²) in [6, 6.07) is 9.11. The maximum atomic E-state index is 13.5. The predicted octanol–water partition coefficient (Wildman–Crippen LogP) is 5.73. The van der Waals surface area contributed by atoms with Crippen LogP contribution in [0.2, 0.25) is 0 Å². The summed E-state index contributed by atoms with van der Waals surface area (Å²) in [5, 5.41) is 0. The predicted molar refractivity (Wildman–Crippen MR) is 166 cm³/mol. The Labute approximate surface area is 251 Å². The number of hydrogen-bond acceptors (Lipinski definition) is 5. The van der Waals surface area contributed by atoms with E-state index in [9.17, 15) is 4.79 Å². The van der Waals surface area contributed by atoms with Crippen molar-refractivity contribution in [2.24, 2.45) is 11.3 Å². The largest absolute Gasteiger partial charge is 0.348 e. The second kappa shape index (κ2) is 13.1. The molecule has 1 amide bonds. The van der Waals surface area contributed by atoms with Crippen LogP contribution in [0.1, 0.15) is 92.8 Å². The Morgan fingerprint density at radius 2 is 1.74 bits per heavy atom. The van der Waals surface area contributed by atoms with Gasteiger partial charge in [0.15, 0.2) is 0 Å². The van der Waals surface area contributed by atoms with Crippen molar-refractivity contribution < 1.29 is 4.79 Å². The van der Waals surface area contributed by atoms with Crippen molar-refractivity contribution >= 4 is 5.91 Å². The van der Waals surface area contributed by atoms with E-state index in [1.54, 1.807) is 6.20 Å². The van der Waals surface area contributed by atoms with E-state index in [4.69, 9.17) is 0 Å². The van der Waals surface area contributed by atoms with Gasteiger partial charge in [-0.1, -0.05) is 45.2 Å². The molecule has 0 radical (unpaired) electrons. The highest BCUT2D eigenvalue weighted by molar-refractivity contribution is 5.94. The molecule has 3 aliphatic rings. The van der Waals surface area contributed by atoms with Crippen LogP contribution < -0.4 is 0 Å². The molecule has 6 rings (SSSR count). The monoisotopic (exact) mass is 571 g/mol. The fourth-order valence-corrected chi connectivity index (χ4v) is 7.54. The van der Waals surface area contributed by atoms with Gasteiger partial charge in [0, 0.05) is 62.6 Å². The highest BCUT2D eigenvalue weighted by Crippen LogP contribution is 2.42. The average Bonchev–Trinajstić information content (AvgIpc) is 3.77. The Kier molecular flexibility index (Phi) is 9.10. The minimum Gasteiger partial charge on any atom is -0.348 e. The lowest BCUT2D eigenvalue weighted by Gasteiger charge is -2.43. The zero-order valence-corrected chi connectivity index (χ0v) is 25.7. The number of carbonyl (C=O) groups excluding carboxylic acids is 1. The molecule has 8 nitrogen and oxygen atoms in total. The lowest BCUT2D eigenvalue weighted by molar-refractivity contribution is 0.0565. The number of H-pyrrole nitrogens is 1. The number of hydrogen-bond donors (Lipinski definition) is 1. The van der Waals surface area contributed by atoms with E-state index >= 15 is 0 Å². The Balaban J connectivity index is 1.06. The Morgan fingerprint density at radius 1 is 0.976 bits per heavy atom. The maximum Gasteiger partial charge on any atom is 0.253 e. The molecule has 0 unspecified atom stereocenters. The minimum atomic E-state index is 0.191. The van der Waals surface area contributed by atoms with E-state index in [-0.39, 0.29) is 5.91 Å². The van der Waals surface area contributed by atoms with E-state index in [1.807, 2.05) is 24.5 Å². The zero-order chi connectivity index (χ0) is 28.9. The van der Waals surface area contributed by atoms with Crippen LogP contribution in [0.5, 0.6) is 0 Å². The number of likely N-dealkylation sites (tertiary alicyclic amines) is 2. The number of aromatic amines is 1. The third kappa shape index (κ3) is 6.97. The van der Waals surface area contributed by atoms with Gasteiger partial charge < -0.3 is 19.4 Å². The van der Waals surface area contributed by atoms with Crippen molar-refractivity contribution in [2.45, 2.75) is 97.4 Å². The smallest absolute Gasteiger partial charge is 0.253 e. The van der Waals surface area contributed by atoms with Gasteiger partial charge in [-0.05, 0) is 74.2 Å². The van der Waals surface area contributed by atoms with Crippen LogP contribution in [0, 0.1) is 11.3 Å². The fourth-order valence-electron chi connectivity index (χ4n) is 7.54. The van der Waals surface area contributed by atoms with Crippen LogP contribution in [0.3, 0.4) is 0 Å². The number of amides is 1. The normalized spacial score (nSPS) is 19.9. The molecule has 1 N–H and O–H groups in total. The van der Waals surface area contributed by atoms with Gasteiger partial charge >= 0.3 is 0 Å². The van der Waals surface area contributed by atoms with E-state index in [1.165, 1.54) is 63.6 Å². The van der Waals surface area contributed by atoms with E-state index in [2.05, 4.69) is 66.4 Å². The molecule has 2 aromatic heterocycles. The molecule has 3 fully saturated rings. The molecule has 42 heavy (non-hydrogen) atoms. The summed E-state index contributed by atoms with van der Waals surface area (Å²) >= 11 is 0. The Hall–Kier alpha value is -2.97. The minimum absolute atomic E-state index is 0.191. The number of rotatable bonds is 10. The van der Waals surface area contributed by atoms with Gasteiger partial charge in [0.1, 0.15) is 11.6 Å². The first-order valence-electron chi connectivity index (χ1n) is 16.3. The van der Waals surface area contributed by atoms with Crippen LogP contribution in [-0.4, -0.2) is 72.3 Å². The summed E-state index contributed by atoms with van der Waals surface area (Å²) in [7, 11) is 0. The molecule has 1 aliphatic carbocycles. The first kappa shape index (κ1) is 29.1. The zero-order valence-electron chi connectivity index (χ0n) is 25.7. The molecule has 0 atom stereocenters. The number of nitrogens with zero attached hydrogens (tertiary/aromatic N) is 6. The third-order valence-electron chi connectivity index (χ3n) is 9.94. The number of piperidine rings is 1. The third-order valence-corrected chi connectivity index (χ3v) is 9.94. The summed E-state index contributed by atoms with van der Waals surface area (Å²) in [4.78, 5) is 33.2. The summed E-state index contributed by atoms with van der Waals surface area (Å²) in [5.74, 6) is 2.75. The molecular formula is C34H49N7O. The van der Waals surface area contributed by atoms with Crippen molar-refractivity contribution in [1.29, 1.82) is 0 Å². The van der Waals surface area contributed by atoms with E-state index in [0.29, 0.717) is 17.9 Å². The van der Waals surface area contributed by atoms with Gasteiger partial charge in [-0.3, -0.25) is 9.69 Å². The summed E-state index contributed by atoms with van der Waals surface area (Å²) in [6.45, 7) is 11.9. The second-order valence-electron chi connectivity index (χ2n) is 13.6. The molecule has 4 heterocycles. The standard InChI is InChI=1S/C34H49N7O/c1-27(2)22-40-21-17-37-32(40)25-38(24-31-35-15-16-36-31)23-28-8-10-29(11-9-28)33(42)41-20-14-34(26-41)12-18-39(19-13-34)30-6-4-3-5-7-30/h8-11,15-17,21,27,30H,3-7,12-14,18-20,22-26H2,1-2H3,(H,35,36). The number of benzene rings is 1. The first-order chi connectivity index (χ1) is 20.5. The van der Waals surface area contributed by atoms with Gasteiger partial charge in [0.25, 0.3) is 5.91 Å². The van der Waals surface area contributed by atoms with Gasteiger partial charge in [0.05, 0.1) is 13.1 Å². The van der Waals surface area contributed by atoms with Crippen molar-refractivity contribution in [3.8, 4) is 0 Å². The van der Waals surface area contributed by atoms with Crippen molar-refractivity contribution in [3.63, 3.8) is 0 Å². The Bertz CT molecular complexity index is 1270.